The minimum Gasteiger partial charge on any atom is -0.465 e. The fraction of sp³-hybridized carbons (Fsp3) is 0.200. The number of thiophene rings is 1. The number of carbonyl (C=O) groups is 2. The van der Waals surface area contributed by atoms with E-state index in [1.807, 2.05) is 0 Å². The van der Waals surface area contributed by atoms with Crippen molar-refractivity contribution < 1.29 is 31.5 Å². The second-order valence-electron chi connectivity index (χ2n) is 4.90. The number of esters is 1. The first-order valence-electron chi connectivity index (χ1n) is 6.79. The lowest BCUT2D eigenvalue weighted by molar-refractivity contribution is 0.0605. The largest absolute Gasteiger partial charge is 0.465 e. The normalized spacial score (nSPS) is 11.4. The number of amides is 1. The molecule has 1 aromatic heterocycles. The van der Waals surface area contributed by atoms with Crippen molar-refractivity contribution in [2.75, 3.05) is 12.4 Å². The molecule has 0 atom stereocenters. The summed E-state index contributed by atoms with van der Waals surface area (Å²) in [6.45, 7) is 1.68. The molecule has 1 aromatic carbocycles. The minimum absolute atomic E-state index is 0.0823. The van der Waals surface area contributed by atoms with E-state index in [4.69, 9.17) is 0 Å². The highest BCUT2D eigenvalue weighted by molar-refractivity contribution is 7.91. The molecule has 0 aliphatic heterocycles. The number of alkyl halides is 2. The molecule has 1 heterocycles. The molecule has 1 amide bonds. The van der Waals surface area contributed by atoms with Gasteiger partial charge in [-0.1, -0.05) is 0 Å². The van der Waals surface area contributed by atoms with Gasteiger partial charge in [-0.15, -0.1) is 11.3 Å². The molecule has 25 heavy (non-hydrogen) atoms. The van der Waals surface area contributed by atoms with Gasteiger partial charge in [-0.05, 0) is 42.8 Å². The zero-order valence-electron chi connectivity index (χ0n) is 13.1. The van der Waals surface area contributed by atoms with Gasteiger partial charge in [0.05, 0.1) is 17.0 Å². The van der Waals surface area contributed by atoms with Crippen molar-refractivity contribution in [1.29, 1.82) is 0 Å². The molecule has 1 N–H and O–H groups in total. The second-order valence-corrected chi connectivity index (χ2v) is 7.87. The highest BCUT2D eigenvalue weighted by Gasteiger charge is 2.26. The number of carbonyl (C=O) groups excluding carboxylic acids is 2. The highest BCUT2D eigenvalue weighted by atomic mass is 32.2. The number of methoxy groups -OCH3 is 1. The van der Waals surface area contributed by atoms with E-state index in [-0.39, 0.29) is 5.56 Å². The average molecular weight is 389 g/mol. The third-order valence-corrected chi connectivity index (χ3v) is 5.74. The Bertz CT molecular complexity index is 905. The summed E-state index contributed by atoms with van der Waals surface area (Å²) in [5, 5.41) is 2.95. The molecular formula is C15H13F2NO5S2. The van der Waals surface area contributed by atoms with Gasteiger partial charge in [0.1, 0.15) is 4.88 Å². The number of benzene rings is 1. The first kappa shape index (κ1) is 19.0. The van der Waals surface area contributed by atoms with Crippen LogP contribution in [0.1, 0.15) is 25.6 Å². The second kappa shape index (κ2) is 7.28. The van der Waals surface area contributed by atoms with E-state index in [1.165, 1.54) is 7.11 Å². The Morgan fingerprint density at radius 1 is 1.20 bits per heavy atom. The quantitative estimate of drug-likeness (QED) is 0.794. The van der Waals surface area contributed by atoms with Gasteiger partial charge in [-0.3, -0.25) is 4.79 Å². The molecule has 10 heteroatoms. The summed E-state index contributed by atoms with van der Waals surface area (Å²) in [7, 11) is -3.46. The molecule has 0 saturated heterocycles. The molecule has 0 spiro atoms. The molecule has 0 aliphatic rings. The van der Waals surface area contributed by atoms with Gasteiger partial charge < -0.3 is 10.1 Å². The summed E-state index contributed by atoms with van der Waals surface area (Å²) in [5.41, 5.74) is 0.712. The van der Waals surface area contributed by atoms with Crippen LogP contribution in [0.5, 0.6) is 0 Å². The maximum atomic E-state index is 12.5. The molecule has 0 saturated carbocycles. The molecule has 134 valence electrons. The SMILES string of the molecule is COC(=O)c1sc(NC(=O)c2ccc(S(=O)(=O)C(F)F)cc2)cc1C. The molecule has 0 bridgehead atoms. The van der Waals surface area contributed by atoms with Gasteiger partial charge in [-0.25, -0.2) is 13.2 Å². The zero-order valence-corrected chi connectivity index (χ0v) is 14.7. The molecule has 0 radical (unpaired) electrons. The zero-order chi connectivity index (χ0) is 18.8. The predicted molar refractivity (Wildman–Crippen MR) is 88.0 cm³/mol. The van der Waals surface area contributed by atoms with E-state index in [0.29, 0.717) is 15.4 Å². The van der Waals surface area contributed by atoms with E-state index in [1.54, 1.807) is 13.0 Å². The summed E-state index contributed by atoms with van der Waals surface area (Å²) < 4.78 is 52.3. The van der Waals surface area contributed by atoms with Crippen LogP contribution in [-0.4, -0.2) is 33.2 Å². The Morgan fingerprint density at radius 3 is 2.32 bits per heavy atom. The summed E-state index contributed by atoms with van der Waals surface area (Å²) in [4.78, 5) is 23.5. The van der Waals surface area contributed by atoms with E-state index >= 15 is 0 Å². The Hall–Kier alpha value is -2.33. The number of rotatable bonds is 5. The number of hydrogen-bond donors (Lipinski definition) is 1. The number of hydrogen-bond acceptors (Lipinski definition) is 6. The number of anilines is 1. The Kier molecular flexibility index (Phi) is 5.53. The van der Waals surface area contributed by atoms with Crippen molar-refractivity contribution in [2.45, 2.75) is 17.6 Å². The van der Waals surface area contributed by atoms with E-state index in [9.17, 15) is 26.8 Å². The molecule has 2 aromatic rings. The smallest absolute Gasteiger partial charge is 0.348 e. The lowest BCUT2D eigenvalue weighted by Gasteiger charge is -2.05. The average Bonchev–Trinajstić information content (AvgIpc) is 2.94. The standard InChI is InChI=1S/C15H13F2NO5S2/c1-8-7-11(24-12(8)14(20)23-2)18-13(19)9-3-5-10(6-4-9)25(21,22)15(16)17/h3-7,15H,1-2H3,(H,18,19). The lowest BCUT2D eigenvalue weighted by Crippen LogP contribution is -2.13. The van der Waals surface area contributed by atoms with E-state index in [2.05, 4.69) is 10.1 Å². The third-order valence-electron chi connectivity index (χ3n) is 3.20. The van der Waals surface area contributed by atoms with Crippen molar-refractivity contribution in [1.82, 2.24) is 0 Å². The van der Waals surface area contributed by atoms with Crippen LogP contribution in [-0.2, 0) is 14.6 Å². The van der Waals surface area contributed by atoms with Crippen LogP contribution in [0.4, 0.5) is 13.8 Å². The van der Waals surface area contributed by atoms with Crippen molar-refractivity contribution in [3.63, 3.8) is 0 Å². The number of nitrogens with one attached hydrogen (secondary N) is 1. The van der Waals surface area contributed by atoms with E-state index in [0.717, 1.165) is 35.6 Å². The molecule has 0 fully saturated rings. The summed E-state index contributed by atoms with van der Waals surface area (Å²) in [6, 6.07) is 5.73. The number of sulfone groups is 1. The van der Waals surface area contributed by atoms with Gasteiger partial charge >= 0.3 is 11.7 Å². The van der Waals surface area contributed by atoms with Crippen LogP contribution in [0, 0.1) is 6.92 Å². The van der Waals surface area contributed by atoms with Crippen LogP contribution in [0.25, 0.3) is 0 Å². The molecule has 0 aliphatic carbocycles. The summed E-state index contributed by atoms with van der Waals surface area (Å²) in [5.74, 6) is -4.62. The van der Waals surface area contributed by atoms with Crippen molar-refractivity contribution in [2.24, 2.45) is 0 Å². The number of halogens is 2. The van der Waals surface area contributed by atoms with Crippen molar-refractivity contribution >= 4 is 38.1 Å². The first-order chi connectivity index (χ1) is 11.7. The Morgan fingerprint density at radius 2 is 1.80 bits per heavy atom. The maximum absolute atomic E-state index is 12.5. The van der Waals surface area contributed by atoms with E-state index < -0.39 is 32.4 Å². The van der Waals surface area contributed by atoms with Gasteiger partial charge in [-0.2, -0.15) is 8.78 Å². The monoisotopic (exact) mass is 389 g/mol. The third kappa shape index (κ3) is 4.02. The summed E-state index contributed by atoms with van der Waals surface area (Å²) in [6.07, 6.45) is 0. The number of aryl methyl sites for hydroxylation is 1. The maximum Gasteiger partial charge on any atom is 0.348 e. The topological polar surface area (TPSA) is 89.5 Å². The van der Waals surface area contributed by atoms with Crippen LogP contribution >= 0.6 is 11.3 Å². The van der Waals surface area contributed by atoms with Crippen molar-refractivity contribution in [3.05, 3.63) is 46.3 Å². The number of ether oxygens (including phenoxy) is 1. The predicted octanol–water partition coefficient (Wildman–Crippen LogP) is 3.09. The van der Waals surface area contributed by atoms with Gasteiger partial charge in [0.15, 0.2) is 0 Å². The Labute approximate surface area is 146 Å². The molecule has 2 rings (SSSR count). The van der Waals surface area contributed by atoms with Crippen LogP contribution in [0.2, 0.25) is 0 Å². The highest BCUT2D eigenvalue weighted by Crippen LogP contribution is 2.28. The molecule has 6 nitrogen and oxygen atoms in total. The van der Waals surface area contributed by atoms with Gasteiger partial charge in [0.25, 0.3) is 5.91 Å². The van der Waals surface area contributed by atoms with Gasteiger partial charge in [0.2, 0.25) is 9.84 Å². The van der Waals surface area contributed by atoms with Crippen molar-refractivity contribution in [3.8, 4) is 0 Å². The minimum atomic E-state index is -4.71. The fourth-order valence-corrected chi connectivity index (χ4v) is 3.63. The van der Waals surface area contributed by atoms with Crippen LogP contribution < -0.4 is 5.32 Å². The first-order valence-corrected chi connectivity index (χ1v) is 9.15. The molecule has 0 unspecified atom stereocenters. The fourth-order valence-electron chi connectivity index (χ4n) is 1.92. The molecular weight excluding hydrogens is 376 g/mol. The van der Waals surface area contributed by atoms with Crippen LogP contribution in [0.3, 0.4) is 0 Å². The Balaban J connectivity index is 2.18. The lowest BCUT2D eigenvalue weighted by atomic mass is 10.2. The summed E-state index contributed by atoms with van der Waals surface area (Å²) >= 11 is 1.02. The van der Waals surface area contributed by atoms with Crippen LogP contribution in [0.15, 0.2) is 35.2 Å². The van der Waals surface area contributed by atoms with Gasteiger partial charge in [0, 0.05) is 5.56 Å².